The number of ether oxygens (including phenoxy) is 1. The van der Waals surface area contributed by atoms with Crippen LogP contribution >= 0.6 is 0 Å². The molecule has 0 saturated carbocycles. The third-order valence-corrected chi connectivity index (χ3v) is 7.18. The van der Waals surface area contributed by atoms with Gasteiger partial charge in [-0.1, -0.05) is 0 Å². The second kappa shape index (κ2) is 8.39. The number of fused-ring (bicyclic) bond motifs is 1. The molecule has 4 aromatic rings. The van der Waals surface area contributed by atoms with Crippen molar-refractivity contribution in [1.82, 2.24) is 24.5 Å². The van der Waals surface area contributed by atoms with E-state index < -0.39 is 10.0 Å². The minimum absolute atomic E-state index is 0.0221. The number of hydrogen-bond donors (Lipinski definition) is 1. The standard InChI is InChI=1S/C22H25N7O3S/c1-27-22-16(13-24-27)6-7-19(32-2)21(22)26-33(30,31)18-14-25-29(15-18)20-12-17(8-9-23-20)28-10-4-3-5-11-28/h6-9,12-15,26H,3-5,10-11H2,1-2H3. The quantitative estimate of drug-likeness (QED) is 0.465. The zero-order chi connectivity index (χ0) is 23.0. The van der Waals surface area contributed by atoms with Crippen LogP contribution in [0.1, 0.15) is 19.3 Å². The van der Waals surface area contributed by atoms with Gasteiger partial charge in [0.15, 0.2) is 5.82 Å². The van der Waals surface area contributed by atoms with Crippen LogP contribution in [0, 0.1) is 0 Å². The highest BCUT2D eigenvalue weighted by atomic mass is 32.2. The predicted molar refractivity (Wildman–Crippen MR) is 125 cm³/mol. The average Bonchev–Trinajstić information content (AvgIpc) is 3.48. The average molecular weight is 468 g/mol. The fourth-order valence-corrected chi connectivity index (χ4v) is 5.17. The number of pyridine rings is 1. The lowest BCUT2D eigenvalue weighted by atomic mass is 10.1. The minimum atomic E-state index is -3.94. The summed E-state index contributed by atoms with van der Waals surface area (Å²) in [5, 5.41) is 9.28. The van der Waals surface area contributed by atoms with Gasteiger partial charge < -0.3 is 9.64 Å². The van der Waals surface area contributed by atoms with Crippen molar-refractivity contribution in [1.29, 1.82) is 0 Å². The Morgan fingerprint density at radius 2 is 1.88 bits per heavy atom. The lowest BCUT2D eigenvalue weighted by Crippen LogP contribution is -2.29. The molecule has 0 unspecified atom stereocenters. The van der Waals surface area contributed by atoms with E-state index >= 15 is 0 Å². The highest BCUT2D eigenvalue weighted by molar-refractivity contribution is 7.92. The molecule has 0 aliphatic carbocycles. The first-order chi connectivity index (χ1) is 16.0. The molecule has 0 atom stereocenters. The summed E-state index contributed by atoms with van der Waals surface area (Å²) >= 11 is 0. The van der Waals surface area contributed by atoms with E-state index in [0.717, 1.165) is 24.2 Å². The van der Waals surface area contributed by atoms with Crippen molar-refractivity contribution in [3.05, 3.63) is 49.1 Å². The topological polar surface area (TPSA) is 107 Å². The Hall–Kier alpha value is -3.60. The first-order valence-electron chi connectivity index (χ1n) is 10.7. The molecule has 0 bridgehead atoms. The van der Waals surface area contributed by atoms with Gasteiger partial charge >= 0.3 is 0 Å². The number of nitrogens with zero attached hydrogens (tertiary/aromatic N) is 6. The molecule has 33 heavy (non-hydrogen) atoms. The number of benzene rings is 1. The maximum absolute atomic E-state index is 13.2. The number of methoxy groups -OCH3 is 1. The van der Waals surface area contributed by atoms with Crippen molar-refractivity contribution in [3.8, 4) is 11.6 Å². The van der Waals surface area contributed by atoms with Crippen molar-refractivity contribution in [2.75, 3.05) is 29.8 Å². The molecule has 1 aromatic carbocycles. The summed E-state index contributed by atoms with van der Waals surface area (Å²) in [6.07, 6.45) is 9.75. The molecular weight excluding hydrogens is 442 g/mol. The monoisotopic (exact) mass is 467 g/mol. The third-order valence-electron chi connectivity index (χ3n) is 5.88. The molecule has 3 aromatic heterocycles. The fourth-order valence-electron chi connectivity index (χ4n) is 4.16. The van der Waals surface area contributed by atoms with E-state index in [-0.39, 0.29) is 4.90 Å². The van der Waals surface area contributed by atoms with E-state index in [2.05, 4.69) is 24.8 Å². The van der Waals surface area contributed by atoms with Crippen LogP contribution in [0.3, 0.4) is 0 Å². The summed E-state index contributed by atoms with van der Waals surface area (Å²) in [4.78, 5) is 6.72. The lowest BCUT2D eigenvalue weighted by molar-refractivity contribution is 0.417. The normalized spacial score (nSPS) is 14.5. The number of nitrogens with one attached hydrogen (secondary N) is 1. The number of piperidine rings is 1. The van der Waals surface area contributed by atoms with Crippen molar-refractivity contribution >= 4 is 32.3 Å². The van der Waals surface area contributed by atoms with Gasteiger partial charge in [0.1, 0.15) is 16.3 Å². The highest BCUT2D eigenvalue weighted by Gasteiger charge is 2.22. The van der Waals surface area contributed by atoms with Gasteiger partial charge in [-0.25, -0.2) is 18.1 Å². The van der Waals surface area contributed by atoms with E-state index in [9.17, 15) is 8.42 Å². The second-order valence-corrected chi connectivity index (χ2v) is 9.68. The second-order valence-electron chi connectivity index (χ2n) is 7.99. The van der Waals surface area contributed by atoms with Crippen molar-refractivity contribution in [2.24, 2.45) is 7.05 Å². The van der Waals surface area contributed by atoms with Crippen molar-refractivity contribution in [3.63, 3.8) is 0 Å². The van der Waals surface area contributed by atoms with Crippen molar-refractivity contribution in [2.45, 2.75) is 24.2 Å². The van der Waals surface area contributed by atoms with E-state index in [1.54, 1.807) is 30.2 Å². The van der Waals surface area contributed by atoms with Gasteiger partial charge in [-0.2, -0.15) is 10.2 Å². The van der Waals surface area contributed by atoms with Crippen LogP contribution in [0.25, 0.3) is 16.7 Å². The zero-order valence-corrected chi connectivity index (χ0v) is 19.3. The SMILES string of the molecule is COc1ccc2cnn(C)c2c1NS(=O)(=O)c1cnn(-c2cc(N3CCCCC3)ccn2)c1. The molecule has 1 aliphatic rings. The van der Waals surface area contributed by atoms with E-state index in [1.807, 2.05) is 18.2 Å². The number of hydrogen-bond acceptors (Lipinski definition) is 7. The van der Waals surface area contributed by atoms with Crippen LogP contribution in [0.5, 0.6) is 5.75 Å². The van der Waals surface area contributed by atoms with Gasteiger partial charge in [0.05, 0.1) is 31.2 Å². The lowest BCUT2D eigenvalue weighted by Gasteiger charge is -2.28. The summed E-state index contributed by atoms with van der Waals surface area (Å²) in [7, 11) is -0.699. The van der Waals surface area contributed by atoms with Crippen LogP contribution in [-0.4, -0.2) is 53.2 Å². The molecule has 10 nitrogen and oxygen atoms in total. The maximum Gasteiger partial charge on any atom is 0.265 e. The molecule has 5 rings (SSSR count). The van der Waals surface area contributed by atoms with Crippen LogP contribution in [0.4, 0.5) is 11.4 Å². The van der Waals surface area contributed by atoms with Crippen LogP contribution in [0.15, 0.2) is 53.9 Å². The molecule has 11 heteroatoms. The van der Waals surface area contributed by atoms with Gasteiger partial charge in [-0.15, -0.1) is 0 Å². The van der Waals surface area contributed by atoms with Crippen molar-refractivity contribution < 1.29 is 13.2 Å². The molecule has 0 spiro atoms. The molecule has 1 N–H and O–H groups in total. The van der Waals surface area contributed by atoms with Crippen LogP contribution in [-0.2, 0) is 17.1 Å². The summed E-state index contributed by atoms with van der Waals surface area (Å²) in [6.45, 7) is 2.01. The smallest absolute Gasteiger partial charge is 0.265 e. The largest absolute Gasteiger partial charge is 0.494 e. The Morgan fingerprint density at radius 3 is 2.67 bits per heavy atom. The first-order valence-corrected chi connectivity index (χ1v) is 12.2. The van der Waals surface area contributed by atoms with E-state index in [0.29, 0.717) is 22.8 Å². The highest BCUT2D eigenvalue weighted by Crippen LogP contribution is 2.34. The van der Waals surface area contributed by atoms with Crippen LogP contribution < -0.4 is 14.4 Å². The molecule has 0 amide bonds. The van der Waals surface area contributed by atoms with Gasteiger partial charge in [0.25, 0.3) is 10.0 Å². The Kier molecular flexibility index (Phi) is 5.41. The number of rotatable bonds is 6. The van der Waals surface area contributed by atoms with E-state index in [4.69, 9.17) is 4.74 Å². The predicted octanol–water partition coefficient (Wildman–Crippen LogP) is 2.95. The van der Waals surface area contributed by atoms with Crippen LogP contribution in [0.2, 0.25) is 0 Å². The summed E-state index contributed by atoms with van der Waals surface area (Å²) in [6, 6.07) is 7.44. The van der Waals surface area contributed by atoms with Gasteiger partial charge in [-0.3, -0.25) is 9.40 Å². The number of aromatic nitrogens is 5. The Balaban J connectivity index is 1.46. The van der Waals surface area contributed by atoms with Gasteiger partial charge in [0.2, 0.25) is 0 Å². The first kappa shape index (κ1) is 21.3. The minimum Gasteiger partial charge on any atom is -0.494 e. The number of anilines is 2. The Bertz CT molecular complexity index is 1400. The van der Waals surface area contributed by atoms with E-state index in [1.165, 1.54) is 43.4 Å². The summed E-state index contributed by atoms with van der Waals surface area (Å²) < 4.78 is 37.6. The summed E-state index contributed by atoms with van der Waals surface area (Å²) in [5.41, 5.74) is 2.01. The number of sulfonamides is 1. The molecule has 1 saturated heterocycles. The Morgan fingerprint density at radius 1 is 1.06 bits per heavy atom. The Labute approximate surface area is 191 Å². The molecule has 1 fully saturated rings. The number of aryl methyl sites for hydroxylation is 1. The molecule has 4 heterocycles. The molecule has 172 valence electrons. The molecular formula is C22H25N7O3S. The maximum atomic E-state index is 13.2. The third kappa shape index (κ3) is 3.99. The molecule has 0 radical (unpaired) electrons. The molecule has 1 aliphatic heterocycles. The fraction of sp³-hybridized carbons (Fsp3) is 0.318. The van der Waals surface area contributed by atoms with Gasteiger partial charge in [-0.05, 0) is 37.5 Å². The van der Waals surface area contributed by atoms with Gasteiger partial charge in [0, 0.05) is 43.5 Å². The summed E-state index contributed by atoms with van der Waals surface area (Å²) in [5.74, 6) is 0.962. The zero-order valence-electron chi connectivity index (χ0n) is 18.5.